The molecule has 0 radical (unpaired) electrons. The van der Waals surface area contributed by atoms with Crippen LogP contribution in [0, 0.1) is 0 Å². The van der Waals surface area contributed by atoms with Crippen LogP contribution in [0.2, 0.25) is 0 Å². The first-order valence-corrected chi connectivity index (χ1v) is 6.94. The van der Waals surface area contributed by atoms with E-state index in [9.17, 15) is 4.79 Å². The smallest absolute Gasteiger partial charge is 0.410 e. The number of ether oxygens (including phenoxy) is 1. The Bertz CT molecular complexity index is 271. The van der Waals surface area contributed by atoms with Crippen molar-refractivity contribution in [1.29, 1.82) is 0 Å². The van der Waals surface area contributed by atoms with Gasteiger partial charge in [-0.25, -0.2) is 4.79 Å². The molecule has 0 saturated carbocycles. The number of likely N-dealkylation sites (tertiary alicyclic amines) is 1. The number of rotatable bonds is 3. The van der Waals surface area contributed by atoms with Crippen LogP contribution in [-0.4, -0.2) is 54.7 Å². The monoisotopic (exact) mass is 256 g/mol. The molecular weight excluding hydrogens is 228 g/mol. The standard InChI is InChI=1S/C14H28N2O2/c1-14(2,3)18-13(17)16-10-7-6-8-12(16)9-11-15(4)5/h12H,6-11H2,1-5H3/t12-/m0/s1. The molecule has 0 N–H and O–H groups in total. The molecule has 1 heterocycles. The quantitative estimate of drug-likeness (QED) is 0.778. The van der Waals surface area contributed by atoms with Gasteiger partial charge in [-0.3, -0.25) is 0 Å². The van der Waals surface area contributed by atoms with Gasteiger partial charge in [0.2, 0.25) is 0 Å². The number of nitrogens with zero attached hydrogens (tertiary/aromatic N) is 2. The summed E-state index contributed by atoms with van der Waals surface area (Å²) in [7, 11) is 4.14. The summed E-state index contributed by atoms with van der Waals surface area (Å²) in [6.07, 6.45) is 4.31. The SMILES string of the molecule is CN(C)CC[C@@H]1CCCCN1C(=O)OC(C)(C)C. The van der Waals surface area contributed by atoms with Gasteiger partial charge in [-0.2, -0.15) is 0 Å². The van der Waals surface area contributed by atoms with Crippen molar-refractivity contribution in [2.45, 2.75) is 58.1 Å². The molecule has 0 aliphatic carbocycles. The van der Waals surface area contributed by atoms with Crippen molar-refractivity contribution in [2.75, 3.05) is 27.2 Å². The van der Waals surface area contributed by atoms with E-state index in [1.165, 1.54) is 6.42 Å². The first-order valence-electron chi connectivity index (χ1n) is 6.94. The number of carbonyl (C=O) groups excluding carboxylic acids is 1. The van der Waals surface area contributed by atoms with Crippen molar-refractivity contribution in [2.24, 2.45) is 0 Å². The summed E-state index contributed by atoms with van der Waals surface area (Å²) >= 11 is 0. The van der Waals surface area contributed by atoms with Crippen molar-refractivity contribution in [3.05, 3.63) is 0 Å². The fourth-order valence-corrected chi connectivity index (χ4v) is 2.27. The van der Waals surface area contributed by atoms with Gasteiger partial charge >= 0.3 is 6.09 Å². The normalized spacial score (nSPS) is 21.2. The molecule has 1 atom stereocenters. The highest BCUT2D eigenvalue weighted by atomic mass is 16.6. The Morgan fingerprint density at radius 2 is 2.00 bits per heavy atom. The van der Waals surface area contributed by atoms with Gasteiger partial charge < -0.3 is 14.5 Å². The molecule has 0 bridgehead atoms. The number of hydrogen-bond donors (Lipinski definition) is 0. The molecule has 4 nitrogen and oxygen atoms in total. The Morgan fingerprint density at radius 1 is 1.33 bits per heavy atom. The maximum Gasteiger partial charge on any atom is 0.410 e. The third-order valence-corrected chi connectivity index (χ3v) is 3.16. The van der Waals surface area contributed by atoms with Crippen LogP contribution in [-0.2, 0) is 4.74 Å². The minimum Gasteiger partial charge on any atom is -0.444 e. The molecule has 1 aliphatic heterocycles. The largest absolute Gasteiger partial charge is 0.444 e. The van der Waals surface area contributed by atoms with E-state index < -0.39 is 5.60 Å². The van der Waals surface area contributed by atoms with Crippen molar-refractivity contribution in [3.63, 3.8) is 0 Å². The molecule has 106 valence electrons. The van der Waals surface area contributed by atoms with Gasteiger partial charge in [0.1, 0.15) is 5.60 Å². The predicted octanol–water partition coefficient (Wildman–Crippen LogP) is 2.73. The first kappa shape index (κ1) is 15.3. The van der Waals surface area contributed by atoms with E-state index in [1.807, 2.05) is 25.7 Å². The molecule has 4 heteroatoms. The highest BCUT2D eigenvalue weighted by Crippen LogP contribution is 2.22. The van der Waals surface area contributed by atoms with Crippen molar-refractivity contribution in [1.82, 2.24) is 9.80 Å². The first-order chi connectivity index (χ1) is 8.29. The Labute approximate surface area is 111 Å². The van der Waals surface area contributed by atoms with E-state index in [0.717, 1.165) is 32.4 Å². The lowest BCUT2D eigenvalue weighted by molar-refractivity contribution is 0.00816. The Morgan fingerprint density at radius 3 is 2.56 bits per heavy atom. The highest BCUT2D eigenvalue weighted by molar-refractivity contribution is 5.68. The fraction of sp³-hybridized carbons (Fsp3) is 0.929. The van der Waals surface area contributed by atoms with Crippen molar-refractivity contribution < 1.29 is 9.53 Å². The van der Waals surface area contributed by atoms with Crippen LogP contribution in [0.25, 0.3) is 0 Å². The molecule has 0 spiro atoms. The van der Waals surface area contributed by atoms with Crippen LogP contribution in [0.1, 0.15) is 46.5 Å². The second-order valence-corrected chi connectivity index (χ2v) is 6.42. The van der Waals surface area contributed by atoms with E-state index in [1.54, 1.807) is 0 Å². The van der Waals surface area contributed by atoms with Crippen LogP contribution in [0.4, 0.5) is 4.79 Å². The van der Waals surface area contributed by atoms with Gasteiger partial charge in [-0.1, -0.05) is 0 Å². The van der Waals surface area contributed by atoms with E-state index in [4.69, 9.17) is 4.74 Å². The number of carbonyl (C=O) groups is 1. The van der Waals surface area contributed by atoms with Crippen LogP contribution in [0.15, 0.2) is 0 Å². The van der Waals surface area contributed by atoms with Gasteiger partial charge in [0.15, 0.2) is 0 Å². The Hall–Kier alpha value is -0.770. The zero-order valence-electron chi connectivity index (χ0n) is 12.5. The van der Waals surface area contributed by atoms with Gasteiger partial charge in [-0.05, 0) is 67.1 Å². The average molecular weight is 256 g/mol. The average Bonchev–Trinajstić information content (AvgIpc) is 2.24. The zero-order valence-corrected chi connectivity index (χ0v) is 12.5. The summed E-state index contributed by atoms with van der Waals surface area (Å²) in [5.41, 5.74) is -0.402. The maximum absolute atomic E-state index is 12.2. The third kappa shape index (κ3) is 5.25. The lowest BCUT2D eigenvalue weighted by atomic mass is 10.00. The summed E-state index contributed by atoms with van der Waals surface area (Å²) in [6.45, 7) is 7.62. The molecule has 0 unspecified atom stereocenters. The second kappa shape index (κ2) is 6.41. The van der Waals surface area contributed by atoms with Crippen LogP contribution >= 0.6 is 0 Å². The molecule has 18 heavy (non-hydrogen) atoms. The molecular formula is C14H28N2O2. The van der Waals surface area contributed by atoms with Crippen LogP contribution in [0.3, 0.4) is 0 Å². The molecule has 0 aromatic rings. The molecule has 1 aliphatic rings. The molecule has 0 aromatic heterocycles. The third-order valence-electron chi connectivity index (χ3n) is 3.16. The molecule has 0 aromatic carbocycles. The summed E-state index contributed by atoms with van der Waals surface area (Å²) in [6, 6.07) is 0.344. The molecule has 1 rings (SSSR count). The Balaban J connectivity index is 2.55. The Kier molecular flexibility index (Phi) is 5.45. The van der Waals surface area contributed by atoms with E-state index >= 15 is 0 Å². The fourth-order valence-electron chi connectivity index (χ4n) is 2.27. The van der Waals surface area contributed by atoms with Gasteiger partial charge in [0.05, 0.1) is 0 Å². The van der Waals surface area contributed by atoms with Gasteiger partial charge in [0, 0.05) is 12.6 Å². The van der Waals surface area contributed by atoms with E-state index in [-0.39, 0.29) is 6.09 Å². The zero-order chi connectivity index (χ0) is 13.8. The minimum absolute atomic E-state index is 0.147. The van der Waals surface area contributed by atoms with Gasteiger partial charge in [0.25, 0.3) is 0 Å². The van der Waals surface area contributed by atoms with Crippen molar-refractivity contribution >= 4 is 6.09 Å². The molecule has 1 fully saturated rings. The highest BCUT2D eigenvalue weighted by Gasteiger charge is 2.30. The minimum atomic E-state index is -0.402. The second-order valence-electron chi connectivity index (χ2n) is 6.42. The van der Waals surface area contributed by atoms with Crippen LogP contribution < -0.4 is 0 Å². The predicted molar refractivity (Wildman–Crippen MR) is 73.8 cm³/mol. The summed E-state index contributed by atoms with van der Waals surface area (Å²) in [5.74, 6) is 0. The number of amides is 1. The lowest BCUT2D eigenvalue weighted by Gasteiger charge is -2.37. The summed E-state index contributed by atoms with van der Waals surface area (Å²) in [5, 5.41) is 0. The van der Waals surface area contributed by atoms with Crippen LogP contribution in [0.5, 0.6) is 0 Å². The summed E-state index contributed by atoms with van der Waals surface area (Å²) < 4.78 is 5.49. The van der Waals surface area contributed by atoms with E-state index in [0.29, 0.717) is 6.04 Å². The molecule has 1 amide bonds. The molecule has 1 saturated heterocycles. The van der Waals surface area contributed by atoms with E-state index in [2.05, 4.69) is 19.0 Å². The van der Waals surface area contributed by atoms with Gasteiger partial charge in [-0.15, -0.1) is 0 Å². The number of hydrogen-bond acceptors (Lipinski definition) is 3. The number of piperidine rings is 1. The lowest BCUT2D eigenvalue weighted by Crippen LogP contribution is -2.47. The summed E-state index contributed by atoms with van der Waals surface area (Å²) in [4.78, 5) is 16.3. The topological polar surface area (TPSA) is 32.8 Å². The van der Waals surface area contributed by atoms with Crippen molar-refractivity contribution in [3.8, 4) is 0 Å². The maximum atomic E-state index is 12.2.